The van der Waals surface area contributed by atoms with E-state index in [-0.39, 0.29) is 3.57 Å². The van der Waals surface area contributed by atoms with Gasteiger partial charge in [-0.2, -0.15) is 30.4 Å². The highest BCUT2D eigenvalue weighted by Crippen LogP contribution is 2.35. The molecule has 1 atom stereocenters. The average molecular weight is 477 g/mol. The molecule has 13 heteroatoms. The molecule has 2 N–H and O–H groups in total. The summed E-state index contributed by atoms with van der Waals surface area (Å²) in [7, 11) is -6.49. The summed E-state index contributed by atoms with van der Waals surface area (Å²) in [6.07, 6.45) is -5.94. The second-order valence-corrected chi connectivity index (χ2v) is 6.85. The first kappa shape index (κ1) is 20.0. The van der Waals surface area contributed by atoms with E-state index in [2.05, 4.69) is 0 Å². The third kappa shape index (κ3) is 4.47. The van der Waals surface area contributed by atoms with Crippen LogP contribution in [0.5, 0.6) is 0 Å². The lowest BCUT2D eigenvalue weighted by Gasteiger charge is -2.27. The van der Waals surface area contributed by atoms with Crippen LogP contribution in [-0.4, -0.2) is 36.4 Å². The fourth-order valence-corrected chi connectivity index (χ4v) is 2.37. The topological polar surface area (TPSA) is 83.5 Å². The van der Waals surface area contributed by atoms with Crippen molar-refractivity contribution in [3.05, 3.63) is 33.1 Å². The van der Waals surface area contributed by atoms with Gasteiger partial charge in [-0.3, -0.25) is 9.35 Å². The van der Waals surface area contributed by atoms with E-state index in [1.54, 1.807) is 22.6 Å². The zero-order valence-electron chi connectivity index (χ0n) is 10.5. The third-order valence-electron chi connectivity index (χ3n) is 2.46. The van der Waals surface area contributed by atoms with Crippen molar-refractivity contribution >= 4 is 38.6 Å². The largest absolute Gasteiger partial charge is 0.415 e. The lowest BCUT2D eigenvalue weighted by Crippen LogP contribution is -2.59. The van der Waals surface area contributed by atoms with E-state index in [1.807, 2.05) is 0 Å². The summed E-state index contributed by atoms with van der Waals surface area (Å²) in [5, 5.41) is -5.07. The number of amides is 1. The summed E-state index contributed by atoms with van der Waals surface area (Å²) in [6.45, 7) is 0. The lowest BCUT2D eigenvalue weighted by molar-refractivity contribution is -0.191. The van der Waals surface area contributed by atoms with E-state index in [1.165, 1.54) is 0 Å². The van der Waals surface area contributed by atoms with Crippen LogP contribution in [0.15, 0.2) is 18.2 Å². The van der Waals surface area contributed by atoms with Gasteiger partial charge >= 0.3 is 21.5 Å². The van der Waals surface area contributed by atoms with E-state index in [0.29, 0.717) is 11.4 Å². The summed E-state index contributed by atoms with van der Waals surface area (Å²) in [6, 6.07) is -1.64. The van der Waals surface area contributed by atoms with Crippen molar-refractivity contribution in [3.8, 4) is 0 Å². The zero-order valence-corrected chi connectivity index (χ0v) is 13.5. The molecule has 1 rings (SSSR count). The molecule has 0 aromatic heterocycles. The number of halogens is 7. The summed E-state index contributed by atoms with van der Waals surface area (Å²) < 4.78 is 107. The minimum absolute atomic E-state index is 0.208. The molecule has 0 radical (unpaired) electrons. The lowest BCUT2D eigenvalue weighted by atomic mass is 10.2. The van der Waals surface area contributed by atoms with Crippen molar-refractivity contribution in [2.75, 3.05) is 0 Å². The summed E-state index contributed by atoms with van der Waals surface area (Å²) in [5.74, 6) is -3.23. The highest BCUT2D eigenvalue weighted by atomic mass is 127. The number of benzene rings is 1. The standard InChI is InChI=1S/C10H6F6INO4S/c11-6-2-1-4(17)3-5(6)7(19)18-8(9(12,13)14)10(15,16)23(20,21)22/h1-3,8H,(H,18,19)(H,20,21,22). The number of rotatable bonds is 4. The molecule has 1 aromatic carbocycles. The fourth-order valence-electron chi connectivity index (χ4n) is 1.39. The molecule has 1 amide bonds. The van der Waals surface area contributed by atoms with E-state index < -0.39 is 44.9 Å². The summed E-state index contributed by atoms with van der Waals surface area (Å²) in [5.41, 5.74) is -1.00. The molecule has 1 unspecified atom stereocenters. The van der Waals surface area contributed by atoms with Gasteiger partial charge in [-0.25, -0.2) is 4.39 Å². The minimum Gasteiger partial charge on any atom is -0.334 e. The molecule has 0 saturated carbocycles. The Balaban J connectivity index is 3.28. The number of carbonyl (C=O) groups excluding carboxylic acids is 1. The Hall–Kier alpha value is -1.09. The van der Waals surface area contributed by atoms with Crippen molar-refractivity contribution in [2.24, 2.45) is 0 Å². The van der Waals surface area contributed by atoms with Crippen LogP contribution in [0.4, 0.5) is 26.3 Å². The third-order valence-corrected chi connectivity index (χ3v) is 4.05. The Kier molecular flexibility index (Phi) is 5.58. The van der Waals surface area contributed by atoms with Crippen molar-refractivity contribution < 1.29 is 44.1 Å². The van der Waals surface area contributed by atoms with Gasteiger partial charge in [0.25, 0.3) is 5.91 Å². The molecule has 0 bridgehead atoms. The minimum atomic E-state index is -6.49. The highest BCUT2D eigenvalue weighted by molar-refractivity contribution is 14.1. The maximum Gasteiger partial charge on any atom is 0.415 e. The second-order valence-electron chi connectivity index (χ2n) is 4.11. The van der Waals surface area contributed by atoms with E-state index in [9.17, 15) is 39.6 Å². The van der Waals surface area contributed by atoms with Crippen LogP contribution in [0.3, 0.4) is 0 Å². The Morgan fingerprint density at radius 1 is 1.22 bits per heavy atom. The van der Waals surface area contributed by atoms with Crippen molar-refractivity contribution in [1.82, 2.24) is 5.32 Å². The number of nitrogens with one attached hydrogen (secondary N) is 1. The molecular formula is C10H6F6INO4S. The molecule has 0 spiro atoms. The van der Waals surface area contributed by atoms with Gasteiger partial charge < -0.3 is 5.32 Å². The van der Waals surface area contributed by atoms with Gasteiger partial charge in [0, 0.05) is 3.57 Å². The monoisotopic (exact) mass is 477 g/mol. The molecular weight excluding hydrogens is 471 g/mol. The van der Waals surface area contributed by atoms with Crippen LogP contribution in [0.2, 0.25) is 0 Å². The molecule has 5 nitrogen and oxygen atoms in total. The van der Waals surface area contributed by atoms with Gasteiger partial charge in [-0.1, -0.05) is 0 Å². The van der Waals surface area contributed by atoms with Crippen LogP contribution in [-0.2, 0) is 10.1 Å². The number of carbonyl (C=O) groups is 1. The quantitative estimate of drug-likeness (QED) is 0.397. The Morgan fingerprint density at radius 2 is 1.74 bits per heavy atom. The van der Waals surface area contributed by atoms with Crippen LogP contribution in [0.1, 0.15) is 10.4 Å². The van der Waals surface area contributed by atoms with Crippen LogP contribution in [0, 0.1) is 9.39 Å². The molecule has 0 aliphatic rings. The van der Waals surface area contributed by atoms with Gasteiger partial charge in [0.2, 0.25) is 6.04 Å². The van der Waals surface area contributed by atoms with E-state index in [0.717, 1.165) is 12.1 Å². The van der Waals surface area contributed by atoms with Crippen molar-refractivity contribution in [3.63, 3.8) is 0 Å². The highest BCUT2D eigenvalue weighted by Gasteiger charge is 2.64. The number of alkyl halides is 5. The predicted molar refractivity (Wildman–Crippen MR) is 72.9 cm³/mol. The molecule has 0 saturated heterocycles. The van der Waals surface area contributed by atoms with Gasteiger partial charge in [-0.05, 0) is 40.8 Å². The first-order valence-electron chi connectivity index (χ1n) is 5.35. The molecule has 0 aliphatic heterocycles. The first-order valence-corrected chi connectivity index (χ1v) is 7.87. The molecule has 23 heavy (non-hydrogen) atoms. The molecule has 130 valence electrons. The van der Waals surface area contributed by atoms with Crippen LogP contribution in [0.25, 0.3) is 0 Å². The Morgan fingerprint density at radius 3 is 2.17 bits per heavy atom. The van der Waals surface area contributed by atoms with Gasteiger partial charge in [0.15, 0.2) is 0 Å². The maximum atomic E-state index is 13.4. The number of hydrogen-bond acceptors (Lipinski definition) is 3. The maximum absolute atomic E-state index is 13.4. The molecule has 0 heterocycles. The van der Waals surface area contributed by atoms with Gasteiger partial charge in [-0.15, -0.1) is 0 Å². The smallest absolute Gasteiger partial charge is 0.334 e. The normalized spacial score (nSPS) is 14.4. The second kappa shape index (κ2) is 6.43. The number of hydrogen-bond donors (Lipinski definition) is 2. The Labute approximate surface area is 138 Å². The van der Waals surface area contributed by atoms with Crippen LogP contribution >= 0.6 is 22.6 Å². The summed E-state index contributed by atoms with van der Waals surface area (Å²) >= 11 is 1.58. The van der Waals surface area contributed by atoms with Gasteiger partial charge in [0.1, 0.15) is 5.82 Å². The summed E-state index contributed by atoms with van der Waals surface area (Å²) in [4.78, 5) is 11.6. The van der Waals surface area contributed by atoms with E-state index >= 15 is 0 Å². The zero-order chi connectivity index (χ0) is 18.2. The van der Waals surface area contributed by atoms with Crippen molar-refractivity contribution in [2.45, 2.75) is 17.5 Å². The van der Waals surface area contributed by atoms with Crippen molar-refractivity contribution in [1.29, 1.82) is 0 Å². The van der Waals surface area contributed by atoms with Crippen LogP contribution < -0.4 is 5.32 Å². The molecule has 0 aliphatic carbocycles. The Bertz CT molecular complexity index is 721. The molecule has 1 aromatic rings. The SMILES string of the molecule is O=C(NC(C(F)(F)F)C(F)(F)S(=O)(=O)O)c1cc(I)ccc1F. The molecule has 0 fully saturated rings. The van der Waals surface area contributed by atoms with E-state index in [4.69, 9.17) is 4.55 Å². The first-order chi connectivity index (χ1) is 10.2. The predicted octanol–water partition coefficient (Wildman–Crippen LogP) is 2.57. The average Bonchev–Trinajstić information content (AvgIpc) is 2.35. The fraction of sp³-hybridized carbons (Fsp3) is 0.300. The van der Waals surface area contributed by atoms with Gasteiger partial charge in [0.05, 0.1) is 5.56 Å².